The van der Waals surface area contributed by atoms with Crippen LogP contribution in [0.5, 0.6) is 11.5 Å². The van der Waals surface area contributed by atoms with E-state index < -0.39 is 15.8 Å². The van der Waals surface area contributed by atoms with Crippen molar-refractivity contribution in [2.24, 2.45) is 5.92 Å². The summed E-state index contributed by atoms with van der Waals surface area (Å²) in [6, 6.07) is 14.5. The number of methoxy groups -OCH3 is 2. The van der Waals surface area contributed by atoms with Crippen molar-refractivity contribution in [3.05, 3.63) is 65.1 Å². The first-order chi connectivity index (χ1) is 15.9. The molecule has 0 unspecified atom stereocenters. The van der Waals surface area contributed by atoms with Crippen molar-refractivity contribution in [1.82, 2.24) is 4.90 Å². The van der Waals surface area contributed by atoms with Crippen molar-refractivity contribution in [2.45, 2.75) is 31.2 Å². The first-order valence-corrected chi connectivity index (χ1v) is 12.5. The number of carbonyl (C=O) groups is 1. The smallest absolute Gasteiger partial charge is 0.349 e. The highest BCUT2D eigenvalue weighted by Gasteiger charge is 2.31. The van der Waals surface area contributed by atoms with Crippen LogP contribution in [0.1, 0.15) is 25.3 Å². The van der Waals surface area contributed by atoms with E-state index >= 15 is 0 Å². The number of benzene rings is 2. The number of sulfone groups is 1. The van der Waals surface area contributed by atoms with E-state index in [2.05, 4.69) is 17.0 Å². The number of nitrogens with zero attached hydrogens (tertiary/aromatic N) is 1. The van der Waals surface area contributed by atoms with Crippen molar-refractivity contribution in [2.75, 3.05) is 33.9 Å². The Morgan fingerprint density at radius 2 is 1.70 bits per heavy atom. The van der Waals surface area contributed by atoms with Crippen LogP contribution in [0.2, 0.25) is 0 Å². The van der Waals surface area contributed by atoms with E-state index in [0.29, 0.717) is 5.75 Å². The number of likely N-dealkylation sites (tertiary alicyclic amines) is 1. The van der Waals surface area contributed by atoms with E-state index in [4.69, 9.17) is 14.2 Å². The second kappa shape index (κ2) is 11.3. The SMILES string of the molecule is CCOC(=O)/C(=C\C1CCN(Cc2ccccc2)CC1)S(=O)(=O)c1ccc(OC)c(OC)c1. The van der Waals surface area contributed by atoms with E-state index in [1.165, 1.54) is 38.0 Å². The molecular weight excluding hydrogens is 442 g/mol. The lowest BCUT2D eigenvalue weighted by Crippen LogP contribution is -2.33. The minimum absolute atomic E-state index is 0.0358. The van der Waals surface area contributed by atoms with Gasteiger partial charge in [0.15, 0.2) is 16.4 Å². The Morgan fingerprint density at radius 1 is 1.03 bits per heavy atom. The van der Waals surface area contributed by atoms with Gasteiger partial charge in [-0.15, -0.1) is 0 Å². The van der Waals surface area contributed by atoms with Crippen LogP contribution in [0.15, 0.2) is 64.4 Å². The molecule has 3 rings (SSSR count). The standard InChI is InChI=1S/C25H31NO6S/c1-4-32-25(27)24(33(28,29)21-10-11-22(30-2)23(17-21)31-3)16-19-12-14-26(15-13-19)18-20-8-6-5-7-9-20/h5-11,16-17,19H,4,12-15,18H2,1-3H3/b24-16+. The zero-order valence-corrected chi connectivity index (χ0v) is 20.1. The van der Waals surface area contributed by atoms with Crippen LogP contribution in [0.4, 0.5) is 0 Å². The average Bonchev–Trinajstić information content (AvgIpc) is 2.83. The number of rotatable bonds is 9. The molecule has 1 aliphatic heterocycles. The highest BCUT2D eigenvalue weighted by Crippen LogP contribution is 2.33. The Balaban J connectivity index is 1.82. The van der Waals surface area contributed by atoms with Crippen LogP contribution in [-0.2, 0) is 25.9 Å². The second-order valence-electron chi connectivity index (χ2n) is 7.87. The third-order valence-corrected chi connectivity index (χ3v) is 7.46. The predicted molar refractivity (Wildman–Crippen MR) is 126 cm³/mol. The first kappa shape index (κ1) is 24.8. The van der Waals surface area contributed by atoms with E-state index in [1.807, 2.05) is 18.2 Å². The van der Waals surface area contributed by atoms with Gasteiger partial charge in [0, 0.05) is 12.6 Å². The molecule has 1 saturated heterocycles. The largest absolute Gasteiger partial charge is 0.493 e. The van der Waals surface area contributed by atoms with Gasteiger partial charge in [0.2, 0.25) is 9.84 Å². The van der Waals surface area contributed by atoms with Gasteiger partial charge >= 0.3 is 5.97 Å². The van der Waals surface area contributed by atoms with Gasteiger partial charge in [0.05, 0.1) is 25.7 Å². The molecule has 1 fully saturated rings. The third kappa shape index (κ3) is 6.15. The number of ether oxygens (including phenoxy) is 3. The fraction of sp³-hybridized carbons (Fsp3) is 0.400. The summed E-state index contributed by atoms with van der Waals surface area (Å²) in [6.07, 6.45) is 3.10. The van der Waals surface area contributed by atoms with Gasteiger partial charge in [0.1, 0.15) is 0 Å². The van der Waals surface area contributed by atoms with Crippen LogP contribution < -0.4 is 9.47 Å². The minimum atomic E-state index is -4.10. The highest BCUT2D eigenvalue weighted by atomic mass is 32.2. The number of hydrogen-bond donors (Lipinski definition) is 0. The monoisotopic (exact) mass is 473 g/mol. The lowest BCUT2D eigenvalue weighted by Gasteiger charge is -2.31. The lowest BCUT2D eigenvalue weighted by molar-refractivity contribution is -0.137. The van der Waals surface area contributed by atoms with Crippen LogP contribution >= 0.6 is 0 Å². The molecule has 0 amide bonds. The van der Waals surface area contributed by atoms with Gasteiger partial charge < -0.3 is 14.2 Å². The van der Waals surface area contributed by atoms with Gasteiger partial charge in [-0.3, -0.25) is 4.90 Å². The zero-order chi connectivity index (χ0) is 23.8. The van der Waals surface area contributed by atoms with Crippen molar-refractivity contribution in [3.8, 4) is 11.5 Å². The van der Waals surface area contributed by atoms with Gasteiger partial charge in [-0.2, -0.15) is 0 Å². The van der Waals surface area contributed by atoms with Gasteiger partial charge in [-0.25, -0.2) is 13.2 Å². The molecule has 0 saturated carbocycles. The van der Waals surface area contributed by atoms with E-state index in [0.717, 1.165) is 32.5 Å². The molecular formula is C25H31NO6S. The number of hydrogen-bond acceptors (Lipinski definition) is 7. The molecule has 0 N–H and O–H groups in total. The van der Waals surface area contributed by atoms with Crippen molar-refractivity contribution < 1.29 is 27.4 Å². The molecule has 0 radical (unpaired) electrons. The van der Waals surface area contributed by atoms with E-state index in [9.17, 15) is 13.2 Å². The van der Waals surface area contributed by atoms with Crippen LogP contribution in [0.3, 0.4) is 0 Å². The summed E-state index contributed by atoms with van der Waals surface area (Å²) < 4.78 is 42.4. The second-order valence-corrected chi connectivity index (χ2v) is 9.79. The summed E-state index contributed by atoms with van der Waals surface area (Å²) in [4.78, 5) is 14.7. The molecule has 2 aromatic carbocycles. The molecule has 0 aliphatic carbocycles. The van der Waals surface area contributed by atoms with E-state index in [-0.39, 0.29) is 28.1 Å². The number of esters is 1. The Morgan fingerprint density at radius 3 is 2.30 bits per heavy atom. The Kier molecular flexibility index (Phi) is 8.52. The number of piperidine rings is 1. The quantitative estimate of drug-likeness (QED) is 0.404. The van der Waals surface area contributed by atoms with Gasteiger partial charge in [0.25, 0.3) is 0 Å². The minimum Gasteiger partial charge on any atom is -0.493 e. The molecule has 0 atom stereocenters. The maximum Gasteiger partial charge on any atom is 0.349 e. The maximum absolute atomic E-state index is 13.4. The topological polar surface area (TPSA) is 82.1 Å². The third-order valence-electron chi connectivity index (χ3n) is 5.70. The Hall–Kier alpha value is -2.84. The molecule has 0 bridgehead atoms. The molecule has 33 heavy (non-hydrogen) atoms. The summed E-state index contributed by atoms with van der Waals surface area (Å²) in [5, 5.41) is 0. The highest BCUT2D eigenvalue weighted by molar-refractivity contribution is 7.96. The van der Waals surface area contributed by atoms with Crippen LogP contribution in [-0.4, -0.2) is 53.2 Å². The summed E-state index contributed by atoms with van der Waals surface area (Å²) >= 11 is 0. The average molecular weight is 474 g/mol. The van der Waals surface area contributed by atoms with Crippen molar-refractivity contribution in [3.63, 3.8) is 0 Å². The molecule has 1 aliphatic rings. The first-order valence-electron chi connectivity index (χ1n) is 11.0. The fourth-order valence-corrected chi connectivity index (χ4v) is 5.33. The molecule has 0 spiro atoms. The maximum atomic E-state index is 13.4. The van der Waals surface area contributed by atoms with Gasteiger partial charge in [-0.1, -0.05) is 36.4 Å². The number of allylic oxidation sites excluding steroid dienone is 1. The molecule has 178 valence electrons. The summed E-state index contributed by atoms with van der Waals surface area (Å²) in [6.45, 7) is 4.24. The summed E-state index contributed by atoms with van der Waals surface area (Å²) in [7, 11) is -1.20. The predicted octanol–water partition coefficient (Wildman–Crippen LogP) is 3.84. The zero-order valence-electron chi connectivity index (χ0n) is 19.3. The molecule has 8 heteroatoms. The van der Waals surface area contributed by atoms with Crippen LogP contribution in [0, 0.1) is 5.92 Å². The van der Waals surface area contributed by atoms with Crippen molar-refractivity contribution in [1.29, 1.82) is 0 Å². The fourth-order valence-electron chi connectivity index (χ4n) is 3.91. The Labute approximate surface area is 195 Å². The molecule has 7 nitrogen and oxygen atoms in total. The number of carbonyl (C=O) groups excluding carboxylic acids is 1. The van der Waals surface area contributed by atoms with Crippen LogP contribution in [0.25, 0.3) is 0 Å². The molecule has 1 heterocycles. The molecule has 2 aromatic rings. The lowest BCUT2D eigenvalue weighted by atomic mass is 9.96. The van der Waals surface area contributed by atoms with E-state index in [1.54, 1.807) is 13.0 Å². The summed E-state index contributed by atoms with van der Waals surface area (Å²) in [5.74, 6) is -0.190. The van der Waals surface area contributed by atoms with Crippen molar-refractivity contribution >= 4 is 15.8 Å². The summed E-state index contributed by atoms with van der Waals surface area (Å²) in [5.41, 5.74) is 1.25. The van der Waals surface area contributed by atoms with Gasteiger partial charge in [-0.05, 0) is 56.5 Å². The Bertz CT molecular complexity index is 1070. The normalized spacial score (nSPS) is 15.8. The molecule has 0 aromatic heterocycles.